The second kappa shape index (κ2) is 16.9. The van der Waals surface area contributed by atoms with Gasteiger partial charge in [0.25, 0.3) is 11.5 Å². The SMILES string of the molecule is Cl.Cl.O=C(NC1CCCCC1)c1ccc(OCCCN(CCn2ccc3ccccc3c2=O)Cc2ccncc2)cc1. The van der Waals surface area contributed by atoms with Gasteiger partial charge in [0.05, 0.1) is 6.61 Å². The van der Waals surface area contributed by atoms with E-state index in [1.54, 1.807) is 4.57 Å². The van der Waals surface area contributed by atoms with E-state index in [0.29, 0.717) is 24.8 Å². The van der Waals surface area contributed by atoms with E-state index in [1.807, 2.05) is 85.3 Å². The highest BCUT2D eigenvalue weighted by molar-refractivity contribution is 5.94. The van der Waals surface area contributed by atoms with Gasteiger partial charge in [0.2, 0.25) is 0 Å². The predicted octanol–water partition coefficient (Wildman–Crippen LogP) is 6.27. The fraction of sp³-hybridized carbons (Fsp3) is 0.364. The molecule has 0 spiro atoms. The number of ether oxygens (including phenoxy) is 1. The van der Waals surface area contributed by atoms with Gasteiger partial charge in [-0.05, 0) is 78.7 Å². The van der Waals surface area contributed by atoms with Gasteiger partial charge in [-0.1, -0.05) is 37.5 Å². The number of nitrogens with zero attached hydrogens (tertiary/aromatic N) is 3. The Morgan fingerprint density at radius 2 is 1.67 bits per heavy atom. The first-order valence-corrected chi connectivity index (χ1v) is 14.4. The summed E-state index contributed by atoms with van der Waals surface area (Å²) in [6, 6.07) is 21.5. The number of aromatic nitrogens is 2. The number of halogens is 2. The van der Waals surface area contributed by atoms with Crippen molar-refractivity contribution in [3.63, 3.8) is 0 Å². The molecule has 2 aromatic carbocycles. The monoisotopic (exact) mass is 610 g/mol. The topological polar surface area (TPSA) is 76.5 Å². The van der Waals surface area contributed by atoms with Crippen molar-refractivity contribution in [3.05, 3.63) is 107 Å². The minimum absolute atomic E-state index is 0. The fourth-order valence-electron chi connectivity index (χ4n) is 5.37. The average Bonchev–Trinajstić information content (AvgIpc) is 3.00. The molecular formula is C33H40Cl2N4O3. The van der Waals surface area contributed by atoms with Gasteiger partial charge >= 0.3 is 0 Å². The number of carbonyl (C=O) groups excluding carboxylic acids is 1. The molecule has 0 bridgehead atoms. The maximum atomic E-state index is 13.0. The van der Waals surface area contributed by atoms with E-state index in [2.05, 4.69) is 15.2 Å². The molecule has 0 unspecified atom stereocenters. The fourth-order valence-corrected chi connectivity index (χ4v) is 5.37. The average molecular weight is 612 g/mol. The zero-order valence-corrected chi connectivity index (χ0v) is 25.5. The van der Waals surface area contributed by atoms with Gasteiger partial charge < -0.3 is 14.6 Å². The van der Waals surface area contributed by atoms with Crippen LogP contribution in [0.3, 0.4) is 0 Å². The number of pyridine rings is 2. The molecule has 0 saturated heterocycles. The first kappa shape index (κ1) is 33.1. The molecule has 2 heterocycles. The van der Waals surface area contributed by atoms with Crippen LogP contribution in [0.15, 0.2) is 90.1 Å². The van der Waals surface area contributed by atoms with Crippen molar-refractivity contribution in [1.29, 1.82) is 0 Å². The van der Waals surface area contributed by atoms with E-state index in [1.165, 1.54) is 24.8 Å². The maximum absolute atomic E-state index is 13.0. The molecule has 1 saturated carbocycles. The van der Waals surface area contributed by atoms with Crippen molar-refractivity contribution in [3.8, 4) is 5.75 Å². The summed E-state index contributed by atoms with van der Waals surface area (Å²) in [6.07, 6.45) is 12.1. The first-order valence-electron chi connectivity index (χ1n) is 14.4. The molecular weight excluding hydrogens is 571 g/mol. The lowest BCUT2D eigenvalue weighted by atomic mass is 9.95. The van der Waals surface area contributed by atoms with E-state index in [0.717, 1.165) is 55.4 Å². The summed E-state index contributed by atoms with van der Waals surface area (Å²) >= 11 is 0. The summed E-state index contributed by atoms with van der Waals surface area (Å²) in [4.78, 5) is 32.0. The third-order valence-electron chi connectivity index (χ3n) is 7.64. The van der Waals surface area contributed by atoms with Crippen LogP contribution in [0.4, 0.5) is 0 Å². The first-order chi connectivity index (χ1) is 19.7. The lowest BCUT2D eigenvalue weighted by molar-refractivity contribution is 0.0927. The lowest BCUT2D eigenvalue weighted by Crippen LogP contribution is -2.36. The Labute approximate surface area is 260 Å². The van der Waals surface area contributed by atoms with Gasteiger partial charge in [-0.15, -0.1) is 24.8 Å². The normalized spacial score (nSPS) is 13.3. The Morgan fingerprint density at radius 3 is 2.43 bits per heavy atom. The molecule has 4 aromatic rings. The largest absolute Gasteiger partial charge is 0.494 e. The Kier molecular flexibility index (Phi) is 13.3. The Balaban J connectivity index is 0.00000242. The summed E-state index contributed by atoms with van der Waals surface area (Å²) in [7, 11) is 0. The van der Waals surface area contributed by atoms with Crippen LogP contribution in [0.5, 0.6) is 5.75 Å². The Bertz CT molecular complexity index is 1440. The van der Waals surface area contributed by atoms with Crippen LogP contribution in [0, 0.1) is 0 Å². The summed E-state index contributed by atoms with van der Waals surface area (Å²) in [5, 5.41) is 4.88. The minimum atomic E-state index is -0.00396. The maximum Gasteiger partial charge on any atom is 0.258 e. The van der Waals surface area contributed by atoms with Gasteiger partial charge in [0.15, 0.2) is 0 Å². The van der Waals surface area contributed by atoms with E-state index in [-0.39, 0.29) is 36.3 Å². The van der Waals surface area contributed by atoms with Crippen LogP contribution in [0.25, 0.3) is 10.8 Å². The third kappa shape index (κ3) is 9.31. The van der Waals surface area contributed by atoms with Gasteiger partial charge in [-0.2, -0.15) is 0 Å². The summed E-state index contributed by atoms with van der Waals surface area (Å²) in [6.45, 7) is 3.52. The molecule has 1 fully saturated rings. The molecule has 0 radical (unpaired) electrons. The third-order valence-corrected chi connectivity index (χ3v) is 7.64. The van der Waals surface area contributed by atoms with Crippen LogP contribution in [0.1, 0.15) is 54.4 Å². The number of rotatable bonds is 12. The number of fused-ring (bicyclic) bond motifs is 1. The number of carbonyl (C=O) groups is 1. The molecule has 7 nitrogen and oxygen atoms in total. The highest BCUT2D eigenvalue weighted by atomic mass is 35.5. The Morgan fingerprint density at radius 1 is 0.929 bits per heavy atom. The summed E-state index contributed by atoms with van der Waals surface area (Å²) in [5.41, 5.74) is 1.90. The summed E-state index contributed by atoms with van der Waals surface area (Å²) in [5.74, 6) is 0.758. The second-order valence-electron chi connectivity index (χ2n) is 10.6. The van der Waals surface area contributed by atoms with Crippen LogP contribution < -0.4 is 15.6 Å². The predicted molar refractivity (Wildman–Crippen MR) is 173 cm³/mol. The molecule has 1 N–H and O–H groups in total. The van der Waals surface area contributed by atoms with Gasteiger partial charge in [0.1, 0.15) is 5.75 Å². The van der Waals surface area contributed by atoms with Crippen molar-refractivity contribution in [2.45, 2.75) is 57.7 Å². The van der Waals surface area contributed by atoms with E-state index in [4.69, 9.17) is 4.74 Å². The highest BCUT2D eigenvalue weighted by Gasteiger charge is 2.16. The molecule has 9 heteroatoms. The van der Waals surface area contributed by atoms with E-state index >= 15 is 0 Å². The number of hydrogen-bond acceptors (Lipinski definition) is 5. The van der Waals surface area contributed by atoms with Crippen LogP contribution >= 0.6 is 24.8 Å². The number of hydrogen-bond donors (Lipinski definition) is 1. The van der Waals surface area contributed by atoms with E-state index < -0.39 is 0 Å². The zero-order valence-electron chi connectivity index (χ0n) is 23.8. The molecule has 224 valence electrons. The second-order valence-corrected chi connectivity index (χ2v) is 10.6. The van der Waals surface area contributed by atoms with Crippen molar-refractivity contribution in [2.24, 2.45) is 0 Å². The van der Waals surface area contributed by atoms with Crippen molar-refractivity contribution in [1.82, 2.24) is 19.8 Å². The summed E-state index contributed by atoms with van der Waals surface area (Å²) < 4.78 is 7.79. The lowest BCUT2D eigenvalue weighted by Gasteiger charge is -2.23. The molecule has 0 atom stereocenters. The van der Waals surface area contributed by atoms with Gasteiger partial charge in [-0.3, -0.25) is 19.5 Å². The van der Waals surface area contributed by atoms with Gasteiger partial charge in [-0.25, -0.2) is 0 Å². The molecule has 5 rings (SSSR count). The molecule has 1 amide bonds. The molecule has 42 heavy (non-hydrogen) atoms. The standard InChI is InChI=1S/C33H38N4O3.2ClH/c38-32(35-29-8-2-1-3-9-29)28-11-13-30(14-12-28)40-24-6-20-36(25-26-15-18-34-19-16-26)22-23-37-21-17-27-7-4-5-10-31(27)33(37)39;;/h4-5,7,10-19,21,29H,1-3,6,8-9,20,22-25H2,(H,35,38);2*1H. The molecule has 1 aliphatic carbocycles. The number of amides is 1. The molecule has 1 aliphatic rings. The molecule has 2 aromatic heterocycles. The quantitative estimate of drug-likeness (QED) is 0.191. The van der Waals surface area contributed by atoms with Crippen molar-refractivity contribution in [2.75, 3.05) is 19.7 Å². The number of nitrogens with one attached hydrogen (secondary N) is 1. The van der Waals surface area contributed by atoms with Crippen LogP contribution in [0.2, 0.25) is 0 Å². The zero-order chi connectivity index (χ0) is 27.6. The molecule has 0 aliphatic heterocycles. The van der Waals surface area contributed by atoms with Gasteiger partial charge in [0, 0.05) is 61.8 Å². The van der Waals surface area contributed by atoms with Crippen molar-refractivity contribution < 1.29 is 9.53 Å². The van der Waals surface area contributed by atoms with Crippen LogP contribution in [-0.4, -0.2) is 46.1 Å². The smallest absolute Gasteiger partial charge is 0.258 e. The Hall–Kier alpha value is -3.39. The highest BCUT2D eigenvalue weighted by Crippen LogP contribution is 2.19. The number of benzene rings is 2. The van der Waals surface area contributed by atoms with Crippen molar-refractivity contribution >= 4 is 41.5 Å². The van der Waals surface area contributed by atoms with E-state index in [9.17, 15) is 9.59 Å². The minimum Gasteiger partial charge on any atom is -0.494 e. The van der Waals surface area contributed by atoms with Crippen LogP contribution in [-0.2, 0) is 13.1 Å².